The maximum absolute atomic E-state index is 12.2. The molecular weight excluding hydrogens is 324 g/mol. The molecule has 1 aliphatic rings. The minimum atomic E-state index is -3.44. The van der Waals surface area contributed by atoms with E-state index in [2.05, 4.69) is 15.4 Å². The van der Waals surface area contributed by atoms with Crippen LogP contribution >= 0.6 is 0 Å². The molecule has 1 atom stereocenters. The lowest BCUT2D eigenvalue weighted by molar-refractivity contribution is -0.138. The van der Waals surface area contributed by atoms with Crippen LogP contribution in [-0.4, -0.2) is 51.0 Å². The van der Waals surface area contributed by atoms with E-state index in [9.17, 15) is 22.8 Å². The van der Waals surface area contributed by atoms with E-state index in [0.29, 0.717) is 5.69 Å². The lowest BCUT2D eigenvalue weighted by atomic mass is 10.1. The second-order valence-electron chi connectivity index (χ2n) is 5.08. The Hall–Kier alpha value is -2.62. The summed E-state index contributed by atoms with van der Waals surface area (Å²) in [5.74, 6) is -2.22. The topological polar surface area (TPSA) is 125 Å². The third-order valence-electron chi connectivity index (χ3n) is 3.14. The number of nitrogens with one attached hydrogen (secondary N) is 3. The highest BCUT2D eigenvalue weighted by Crippen LogP contribution is 2.18. The SMILES string of the molecule is CN1C(=O)NCC(C(=O)Nc2cccc(NS(C)(=O)=O)c2)C1=O. The largest absolute Gasteiger partial charge is 0.336 e. The molecule has 1 heterocycles. The molecule has 1 aromatic carbocycles. The Balaban J connectivity index is 2.10. The van der Waals surface area contributed by atoms with Gasteiger partial charge < -0.3 is 10.6 Å². The zero-order valence-corrected chi connectivity index (χ0v) is 13.3. The number of imide groups is 1. The highest BCUT2D eigenvalue weighted by molar-refractivity contribution is 7.92. The van der Waals surface area contributed by atoms with Crippen molar-refractivity contribution in [1.82, 2.24) is 10.2 Å². The number of urea groups is 1. The summed E-state index contributed by atoms with van der Waals surface area (Å²) < 4.78 is 24.7. The van der Waals surface area contributed by atoms with Crippen molar-refractivity contribution in [2.75, 3.05) is 29.9 Å². The summed E-state index contributed by atoms with van der Waals surface area (Å²) in [5, 5.41) is 4.97. The van der Waals surface area contributed by atoms with Crippen LogP contribution in [-0.2, 0) is 19.6 Å². The van der Waals surface area contributed by atoms with E-state index in [-0.39, 0.29) is 12.2 Å². The van der Waals surface area contributed by atoms with E-state index in [1.807, 2.05) is 0 Å². The summed E-state index contributed by atoms with van der Waals surface area (Å²) in [6, 6.07) is 5.50. The second kappa shape index (κ2) is 6.24. The molecule has 2 rings (SSSR count). The molecule has 0 radical (unpaired) electrons. The molecule has 0 bridgehead atoms. The number of nitrogens with zero attached hydrogens (tertiary/aromatic N) is 1. The lowest BCUT2D eigenvalue weighted by Gasteiger charge is -2.27. The van der Waals surface area contributed by atoms with Crippen molar-refractivity contribution in [1.29, 1.82) is 0 Å². The highest BCUT2D eigenvalue weighted by atomic mass is 32.2. The standard InChI is InChI=1S/C13H16N4O5S/c1-17-12(19)10(7-14-13(17)20)11(18)15-8-4-3-5-9(6-8)16-23(2,21)22/h3-6,10,16H,7H2,1-2H3,(H,14,20)(H,15,18). The molecule has 1 aliphatic heterocycles. The van der Waals surface area contributed by atoms with Crippen LogP contribution in [0.2, 0.25) is 0 Å². The molecule has 3 N–H and O–H groups in total. The lowest BCUT2D eigenvalue weighted by Crippen LogP contribution is -2.56. The Bertz CT molecular complexity index is 761. The fraction of sp³-hybridized carbons (Fsp3) is 0.308. The van der Waals surface area contributed by atoms with Crippen LogP contribution in [0.1, 0.15) is 0 Å². The van der Waals surface area contributed by atoms with Crippen molar-refractivity contribution in [2.45, 2.75) is 0 Å². The van der Waals surface area contributed by atoms with Crippen LogP contribution in [0.4, 0.5) is 16.2 Å². The third kappa shape index (κ3) is 4.19. The van der Waals surface area contributed by atoms with Gasteiger partial charge in [0.25, 0.3) is 0 Å². The molecular formula is C13H16N4O5S. The third-order valence-corrected chi connectivity index (χ3v) is 3.75. The van der Waals surface area contributed by atoms with E-state index in [1.165, 1.54) is 19.2 Å². The van der Waals surface area contributed by atoms with Gasteiger partial charge in [-0.1, -0.05) is 6.07 Å². The van der Waals surface area contributed by atoms with Crippen molar-refractivity contribution >= 4 is 39.2 Å². The van der Waals surface area contributed by atoms with Gasteiger partial charge in [0.1, 0.15) is 5.92 Å². The van der Waals surface area contributed by atoms with Crippen LogP contribution in [0.5, 0.6) is 0 Å². The minimum Gasteiger partial charge on any atom is -0.336 e. The number of amides is 4. The summed E-state index contributed by atoms with van der Waals surface area (Å²) in [4.78, 5) is 36.3. The Morgan fingerprint density at radius 3 is 2.61 bits per heavy atom. The highest BCUT2D eigenvalue weighted by Gasteiger charge is 2.36. The number of benzene rings is 1. The first-order chi connectivity index (χ1) is 10.7. The molecule has 0 aliphatic carbocycles. The molecule has 23 heavy (non-hydrogen) atoms. The first-order valence-electron chi connectivity index (χ1n) is 6.61. The molecule has 9 nitrogen and oxygen atoms in total. The average Bonchev–Trinajstić information content (AvgIpc) is 2.43. The first kappa shape index (κ1) is 16.7. The maximum atomic E-state index is 12.2. The van der Waals surface area contributed by atoms with Gasteiger partial charge in [0.2, 0.25) is 21.8 Å². The van der Waals surface area contributed by atoms with E-state index >= 15 is 0 Å². The normalized spacial score (nSPS) is 18.3. The Morgan fingerprint density at radius 2 is 1.96 bits per heavy atom. The van der Waals surface area contributed by atoms with Gasteiger partial charge in [-0.2, -0.15) is 0 Å². The van der Waals surface area contributed by atoms with Gasteiger partial charge in [-0.05, 0) is 18.2 Å². The van der Waals surface area contributed by atoms with Gasteiger partial charge in [0, 0.05) is 19.3 Å². The van der Waals surface area contributed by atoms with Crippen LogP contribution in [0, 0.1) is 5.92 Å². The van der Waals surface area contributed by atoms with Gasteiger partial charge in [0.05, 0.1) is 11.9 Å². The van der Waals surface area contributed by atoms with E-state index in [4.69, 9.17) is 0 Å². The Labute approximate surface area is 133 Å². The molecule has 0 spiro atoms. The van der Waals surface area contributed by atoms with Crippen LogP contribution in [0.25, 0.3) is 0 Å². The predicted octanol–water partition coefficient (Wildman–Crippen LogP) is -0.206. The van der Waals surface area contributed by atoms with Crippen molar-refractivity contribution in [3.8, 4) is 0 Å². The summed E-state index contributed by atoms with van der Waals surface area (Å²) >= 11 is 0. The zero-order valence-electron chi connectivity index (χ0n) is 12.5. The van der Waals surface area contributed by atoms with Gasteiger partial charge in [-0.3, -0.25) is 19.2 Å². The molecule has 1 aromatic rings. The Kier molecular flexibility index (Phi) is 4.55. The van der Waals surface area contributed by atoms with E-state index in [0.717, 1.165) is 11.2 Å². The summed E-state index contributed by atoms with van der Waals surface area (Å²) in [6.45, 7) is -0.0882. The van der Waals surface area contributed by atoms with Gasteiger partial charge in [-0.15, -0.1) is 0 Å². The van der Waals surface area contributed by atoms with Crippen LogP contribution in [0.15, 0.2) is 24.3 Å². The van der Waals surface area contributed by atoms with Crippen molar-refractivity contribution in [3.05, 3.63) is 24.3 Å². The molecule has 124 valence electrons. The van der Waals surface area contributed by atoms with E-state index < -0.39 is 33.8 Å². The van der Waals surface area contributed by atoms with Gasteiger partial charge in [-0.25, -0.2) is 13.2 Å². The fourth-order valence-electron chi connectivity index (χ4n) is 2.04. The van der Waals surface area contributed by atoms with Gasteiger partial charge in [0.15, 0.2) is 0 Å². The van der Waals surface area contributed by atoms with Crippen LogP contribution < -0.4 is 15.4 Å². The molecule has 10 heteroatoms. The summed E-state index contributed by atoms with van der Waals surface area (Å²) in [6.07, 6.45) is 1.01. The minimum absolute atomic E-state index is 0.0882. The van der Waals surface area contributed by atoms with Crippen molar-refractivity contribution in [2.24, 2.45) is 5.92 Å². The number of hydrogen-bond acceptors (Lipinski definition) is 5. The molecule has 0 saturated carbocycles. The molecule has 4 amide bonds. The Morgan fingerprint density at radius 1 is 1.30 bits per heavy atom. The number of carbonyl (C=O) groups is 3. The van der Waals surface area contributed by atoms with Gasteiger partial charge >= 0.3 is 6.03 Å². The monoisotopic (exact) mass is 340 g/mol. The smallest absolute Gasteiger partial charge is 0.323 e. The van der Waals surface area contributed by atoms with Crippen molar-refractivity contribution < 1.29 is 22.8 Å². The zero-order chi connectivity index (χ0) is 17.2. The molecule has 1 unspecified atom stereocenters. The predicted molar refractivity (Wildman–Crippen MR) is 83.2 cm³/mol. The van der Waals surface area contributed by atoms with Crippen molar-refractivity contribution in [3.63, 3.8) is 0 Å². The number of hydrogen-bond donors (Lipinski definition) is 3. The average molecular weight is 340 g/mol. The first-order valence-corrected chi connectivity index (χ1v) is 8.50. The number of carbonyl (C=O) groups excluding carboxylic acids is 3. The molecule has 1 fully saturated rings. The summed E-state index contributed by atoms with van der Waals surface area (Å²) in [5.41, 5.74) is 0.613. The molecule has 0 aromatic heterocycles. The second-order valence-corrected chi connectivity index (χ2v) is 6.83. The number of sulfonamides is 1. The fourth-order valence-corrected chi connectivity index (χ4v) is 2.59. The quantitative estimate of drug-likeness (QED) is 0.654. The number of anilines is 2. The maximum Gasteiger partial charge on any atom is 0.323 e. The van der Waals surface area contributed by atoms with E-state index in [1.54, 1.807) is 12.1 Å². The number of rotatable bonds is 4. The summed E-state index contributed by atoms with van der Waals surface area (Å²) in [7, 11) is -2.15. The van der Waals surface area contributed by atoms with Crippen LogP contribution in [0.3, 0.4) is 0 Å². The molecule has 1 saturated heterocycles.